The van der Waals surface area contributed by atoms with Crippen molar-refractivity contribution in [3.63, 3.8) is 0 Å². The molecule has 35 heteroatoms. The molecule has 0 aromatic rings. The highest BCUT2D eigenvalue weighted by Gasteiger charge is 2.19. The Bertz CT molecular complexity index is 1620. The van der Waals surface area contributed by atoms with Crippen molar-refractivity contribution < 1.29 is 161 Å². The quantitative estimate of drug-likeness (QED) is 0.0128. The van der Waals surface area contributed by atoms with Gasteiger partial charge in [-0.2, -0.15) is 0 Å². The van der Waals surface area contributed by atoms with Crippen LogP contribution in [0.25, 0.3) is 0 Å². The molecule has 0 aromatic carbocycles. The van der Waals surface area contributed by atoms with Crippen molar-refractivity contribution in [2.45, 2.75) is 81.5 Å². The first kappa shape index (κ1) is 95.0. The number of rotatable bonds is 65. The van der Waals surface area contributed by atoms with Gasteiger partial charge in [0.1, 0.15) is 15.8 Å². The van der Waals surface area contributed by atoms with Crippen molar-refractivity contribution in [2.75, 3.05) is 278 Å². The zero-order chi connectivity index (χ0) is 82.4. The summed E-state index contributed by atoms with van der Waals surface area (Å²) in [6, 6.07) is 0. The van der Waals surface area contributed by atoms with Crippen LogP contribution in [-0.4, -0.2) is 355 Å². The van der Waals surface area contributed by atoms with E-state index in [1.807, 2.05) is 6.92 Å². The van der Waals surface area contributed by atoms with E-state index >= 15 is 0 Å². The van der Waals surface area contributed by atoms with Crippen molar-refractivity contribution in [2.24, 2.45) is 5.73 Å². The van der Waals surface area contributed by atoms with Crippen molar-refractivity contribution in [1.82, 2.24) is 5.32 Å². The van der Waals surface area contributed by atoms with Gasteiger partial charge in [-0.3, -0.25) is 28.8 Å². The van der Waals surface area contributed by atoms with E-state index in [0.29, 0.717) is 205 Å². The molecule has 10 N–H and O–H groups in total. The molecule has 588 valence electrons. The summed E-state index contributed by atoms with van der Waals surface area (Å²) in [7, 11) is 6.50. The summed E-state index contributed by atoms with van der Waals surface area (Å²) in [4.78, 5) is 64.1. The molecule has 0 aliphatic carbocycles. The number of amides is 1. The van der Waals surface area contributed by atoms with Crippen LogP contribution in [0.4, 0.5) is 0 Å². The Balaban J connectivity index is -0.000000117. The minimum absolute atomic E-state index is 0.0361. The average molecular weight is 1470 g/mol. The van der Waals surface area contributed by atoms with E-state index in [9.17, 15) is 28.8 Å². The zero-order valence-corrected chi connectivity index (χ0v) is 59.4. The van der Waals surface area contributed by atoms with Crippen LogP contribution in [0.3, 0.4) is 0 Å². The highest BCUT2D eigenvalue weighted by molar-refractivity contribution is 5.92. The number of carbonyl (C=O) groups is 6. The summed E-state index contributed by atoms with van der Waals surface area (Å²) in [6.07, 6.45) is 6.99. The van der Waals surface area contributed by atoms with Gasteiger partial charge >= 0.3 is 29.8 Å². The molecular weight excluding hydrogens is 1320 g/mol. The third-order valence-electron chi connectivity index (χ3n) is 9.27. The standard InChI is InChI=1S/C17H33NO8.C14H26O9.2C10H22O6.C4H4O3.C2H2.CH5N.4CH4.ClH/c1-2-5-18-16(20)3-4-17(21)26-15-14-25-13-12-24-11-10-23-9-8-22-7-6-19;15-3-4-19-5-6-20-7-8-21-9-10-22-11-12-23-14(18)2-1-13(16)17;2*11-1-3-13-5-7-15-9-10-16-8-6-14-4-2-12;5-3-1-2-4(6)7-3;2*1-2;;;;;/h19H,2-15H2,1H3,(H,18,20);15H,1-12H2,(H,16,17);2*11-12H,1-10H2;1-2H2;1-2H;2H2,1H3;4*1H4;1H/i19D;15D;11D;;;1D;;4*1T;/hD. The Hall–Kier alpha value is -4.05. The van der Waals surface area contributed by atoms with Crippen LogP contribution in [0.1, 0.15) is 88.3 Å². The first-order valence-electron chi connectivity index (χ1n) is 36.3. The number of carbonyl (C=O) groups excluding carboxylic acids is 5. The monoisotopic (exact) mass is 1460 g/mol. The number of hydrogen-bond donors (Lipinski definition) is 9. The van der Waals surface area contributed by atoms with Gasteiger partial charge in [-0.15, -0.1) is 25.1 Å². The van der Waals surface area contributed by atoms with Crippen molar-refractivity contribution in [1.29, 1.82) is 5.47 Å². The van der Waals surface area contributed by atoms with Gasteiger partial charge in [0, 0.05) is 18.4 Å². The lowest BCUT2D eigenvalue weighted by Gasteiger charge is -2.08. The largest absolute Gasteiger partial charge is 0.481 e. The summed E-state index contributed by atoms with van der Waals surface area (Å²) in [6.45, 7) is 17.6. The number of aliphatic hydroxyl groups is 6. The van der Waals surface area contributed by atoms with Gasteiger partial charge in [0.15, 0.2) is 0 Å². The number of terminal acetylenes is 1. The molecular formula is C62H131ClN2O32. The average Bonchev–Trinajstić information content (AvgIpc) is 1.84. The van der Waals surface area contributed by atoms with Crippen LogP contribution in [0.15, 0.2) is 0 Å². The van der Waals surface area contributed by atoms with Crippen molar-refractivity contribution in [3.8, 4) is 12.8 Å². The Morgan fingerprint density at radius 2 is 0.649 bits per heavy atom. The van der Waals surface area contributed by atoms with Crippen LogP contribution in [0.2, 0.25) is 0 Å². The third kappa shape index (κ3) is 126. The molecule has 0 aromatic heterocycles. The Kier molecular flexibility index (Phi) is 111. The molecule has 34 nitrogen and oxygen atoms in total. The predicted molar refractivity (Wildman–Crippen MR) is 361 cm³/mol. The number of hydrogen-bond acceptors (Lipinski definition) is 32. The number of aliphatic carboxylic acids is 1. The number of nitrogens with two attached hydrogens (primary N) is 1. The third-order valence-corrected chi connectivity index (χ3v) is 9.27. The van der Waals surface area contributed by atoms with Crippen molar-refractivity contribution >= 4 is 48.1 Å². The van der Waals surface area contributed by atoms with E-state index in [4.69, 9.17) is 118 Å². The number of halogens is 1. The van der Waals surface area contributed by atoms with Crippen molar-refractivity contribution in [3.05, 3.63) is 0 Å². The fraction of sp³-hybridized carbons (Fsp3) is 0.871. The topological polar surface area (TPSA) is 457 Å². The fourth-order valence-corrected chi connectivity index (χ4v) is 5.20. The number of esters is 4. The van der Waals surface area contributed by atoms with Gasteiger partial charge in [0.05, 0.1) is 283 Å². The number of ether oxygens (including phenoxy) is 19. The second-order valence-corrected chi connectivity index (χ2v) is 16.6. The molecule has 1 rings (SSSR count). The van der Waals surface area contributed by atoms with Gasteiger partial charge in [-0.25, -0.2) is 0 Å². The molecule has 1 saturated heterocycles. The van der Waals surface area contributed by atoms with Crippen LogP contribution >= 0.6 is 12.3 Å². The lowest BCUT2D eigenvalue weighted by Crippen LogP contribution is -2.24. The second-order valence-electron chi connectivity index (χ2n) is 16.6. The molecule has 1 amide bonds. The SMILES string of the molecule is CN.O=C1CCC(=O)O1.OCCOCCOCCOCCOCCO.[2H]C#C.[2H]Cl.[2H]OCCOCCOCCOCCOCCO.[2H]OCCOCCOCCOCCOCCOC(=O)CCC(=O)NCCC.[2H]OCCOCCOCCOCCOCCOC(=O)CCC(=O)O.[3H]C.[3H]C.[3H]C.[3H]C. The Morgan fingerprint density at radius 1 is 0.443 bits per heavy atom. The van der Waals surface area contributed by atoms with Crippen LogP contribution in [0.5, 0.6) is 0 Å². The number of cyclic esters (lactones) is 2. The molecule has 0 spiro atoms. The van der Waals surface area contributed by atoms with E-state index in [0.717, 1.165) is 6.42 Å². The molecule has 1 fully saturated rings. The van der Waals surface area contributed by atoms with Crippen LogP contribution in [0, 0.1) is 12.8 Å². The molecule has 0 unspecified atom stereocenters. The first-order chi connectivity index (χ1) is 51.9. The number of carboxylic acid groups (broad SMARTS) is 1. The number of carboxylic acids is 1. The molecule has 1 aliphatic heterocycles. The van der Waals surface area contributed by atoms with Crippen LogP contribution in [-0.2, 0) is 119 Å². The lowest BCUT2D eigenvalue weighted by molar-refractivity contribution is -0.152. The first-order valence-corrected chi connectivity index (χ1v) is 30.2. The molecule has 1 heterocycles. The molecule has 0 atom stereocenters. The normalized spacial score (nSPS) is 11.3. The van der Waals surface area contributed by atoms with Gasteiger partial charge < -0.3 is 137 Å². The summed E-state index contributed by atoms with van der Waals surface area (Å²) in [5, 5.41) is 48.6. The lowest BCUT2D eigenvalue weighted by atomic mass is 10.3. The highest BCUT2D eigenvalue weighted by Crippen LogP contribution is 2.04. The van der Waals surface area contributed by atoms with Gasteiger partial charge in [-0.1, -0.05) is 36.5 Å². The molecule has 0 radical (unpaired) electrons. The number of nitrogens with one attached hydrogen (secondary N) is 1. The van der Waals surface area contributed by atoms with E-state index in [1.165, 1.54) is 43.1 Å². The van der Waals surface area contributed by atoms with Gasteiger partial charge in [0.25, 0.3) is 0 Å². The van der Waals surface area contributed by atoms with Gasteiger partial charge in [0.2, 0.25) is 10.2 Å². The Morgan fingerprint density at radius 3 is 0.835 bits per heavy atom. The van der Waals surface area contributed by atoms with E-state index in [-0.39, 0.29) is 111 Å². The predicted octanol–water partition coefficient (Wildman–Crippen LogP) is 0.0631. The number of aliphatic hydroxyl groups excluding tert-OH is 6. The summed E-state index contributed by atoms with van der Waals surface area (Å²) >= 11 is 3.89. The maximum absolute atomic E-state index is 11.4. The Labute approximate surface area is 596 Å². The van der Waals surface area contributed by atoms with E-state index in [1.54, 1.807) is 0 Å². The second kappa shape index (κ2) is 113. The molecule has 1 aliphatic rings. The summed E-state index contributed by atoms with van der Waals surface area (Å²) < 4.78 is 150. The van der Waals surface area contributed by atoms with E-state index < -0.39 is 29.8 Å². The smallest absolute Gasteiger partial charge is 0.314 e. The molecule has 0 saturated carbocycles. The summed E-state index contributed by atoms with van der Waals surface area (Å²) in [5.74, 6) is -2.93. The maximum Gasteiger partial charge on any atom is 0.314 e. The minimum Gasteiger partial charge on any atom is -0.481 e. The van der Waals surface area contributed by atoms with E-state index in [2.05, 4.69) is 49.9 Å². The fourth-order valence-electron chi connectivity index (χ4n) is 5.20. The minimum atomic E-state index is -1.03. The van der Waals surface area contributed by atoms with Gasteiger partial charge in [-0.05, 0) is 13.5 Å². The summed E-state index contributed by atoms with van der Waals surface area (Å²) in [5.41, 5.74) is 4.50. The maximum atomic E-state index is 11.4. The molecule has 97 heavy (non-hydrogen) atoms. The highest BCUT2D eigenvalue weighted by atomic mass is 35.5. The van der Waals surface area contributed by atoms with Crippen LogP contribution < -0.4 is 11.1 Å². The molecule has 0 bridgehead atoms. The zero-order valence-electron chi connectivity index (χ0n) is 67.7.